The van der Waals surface area contributed by atoms with Crippen molar-refractivity contribution in [2.45, 2.75) is 65.4 Å². The van der Waals surface area contributed by atoms with Crippen LogP contribution in [0.3, 0.4) is 0 Å². The largest absolute Gasteiger partial charge is 0.472 e. The van der Waals surface area contributed by atoms with Gasteiger partial charge in [0.25, 0.3) is 0 Å². The van der Waals surface area contributed by atoms with Gasteiger partial charge in [0, 0.05) is 11.3 Å². The maximum Gasteiger partial charge on any atom is 0.161 e. The molecule has 1 aromatic rings. The van der Waals surface area contributed by atoms with Crippen LogP contribution in [0.25, 0.3) is 0 Å². The zero-order valence-corrected chi connectivity index (χ0v) is 14.7. The molecule has 0 aromatic carbocycles. The first kappa shape index (κ1) is 16.5. The lowest BCUT2D eigenvalue weighted by molar-refractivity contribution is -0.152. The zero-order chi connectivity index (χ0) is 16.9. The number of aryl methyl sites for hydroxylation is 1. The predicted molar refractivity (Wildman–Crippen MR) is 90.0 cm³/mol. The van der Waals surface area contributed by atoms with E-state index in [2.05, 4.69) is 20.8 Å². The second-order valence-corrected chi connectivity index (χ2v) is 8.31. The van der Waals surface area contributed by atoms with Gasteiger partial charge in [-0.25, -0.2) is 0 Å². The molecule has 1 fully saturated rings. The van der Waals surface area contributed by atoms with Gasteiger partial charge in [0.15, 0.2) is 5.78 Å². The van der Waals surface area contributed by atoms with Gasteiger partial charge in [-0.1, -0.05) is 39.7 Å². The van der Waals surface area contributed by atoms with Crippen molar-refractivity contribution in [2.24, 2.45) is 16.7 Å². The second kappa shape index (κ2) is 5.34. The SMILES string of the molecule is CC1C(=O)C=C2C(C)(C)CCCC2(C)C1(O)CCc1ccoc1. The Kier molecular flexibility index (Phi) is 3.83. The number of fused-ring (bicyclic) bond motifs is 1. The number of carbonyl (C=O) groups is 1. The Morgan fingerprint density at radius 1 is 1.30 bits per heavy atom. The summed E-state index contributed by atoms with van der Waals surface area (Å²) in [5, 5.41) is 11.7. The van der Waals surface area contributed by atoms with Gasteiger partial charge in [-0.15, -0.1) is 0 Å². The molecule has 2 aliphatic rings. The monoisotopic (exact) mass is 316 g/mol. The Morgan fingerprint density at radius 3 is 2.70 bits per heavy atom. The Morgan fingerprint density at radius 2 is 2.04 bits per heavy atom. The molecule has 0 amide bonds. The van der Waals surface area contributed by atoms with Crippen molar-refractivity contribution in [3.63, 3.8) is 0 Å². The van der Waals surface area contributed by atoms with E-state index in [0.29, 0.717) is 6.42 Å². The zero-order valence-electron chi connectivity index (χ0n) is 14.7. The number of carbonyl (C=O) groups excluding carboxylic acids is 1. The minimum Gasteiger partial charge on any atom is -0.472 e. The Hall–Kier alpha value is -1.35. The fraction of sp³-hybridized carbons (Fsp3) is 0.650. The fourth-order valence-corrected chi connectivity index (χ4v) is 4.95. The summed E-state index contributed by atoms with van der Waals surface area (Å²) in [4.78, 5) is 12.6. The minimum absolute atomic E-state index is 0.0214. The van der Waals surface area contributed by atoms with Crippen LogP contribution in [0.2, 0.25) is 0 Å². The van der Waals surface area contributed by atoms with Crippen molar-refractivity contribution < 1.29 is 14.3 Å². The van der Waals surface area contributed by atoms with Crippen LogP contribution < -0.4 is 0 Å². The maximum absolute atomic E-state index is 12.6. The molecule has 0 spiro atoms. The van der Waals surface area contributed by atoms with Crippen molar-refractivity contribution >= 4 is 5.78 Å². The predicted octanol–water partition coefficient (Wildman–Crippen LogP) is 4.30. The van der Waals surface area contributed by atoms with Gasteiger partial charge in [0.2, 0.25) is 0 Å². The molecule has 3 heteroatoms. The summed E-state index contributed by atoms with van der Waals surface area (Å²) in [6, 6.07) is 1.93. The fourth-order valence-electron chi connectivity index (χ4n) is 4.95. The summed E-state index contributed by atoms with van der Waals surface area (Å²) in [7, 11) is 0. The molecule has 3 unspecified atom stereocenters. The van der Waals surface area contributed by atoms with Crippen LogP contribution in [0.1, 0.15) is 58.9 Å². The smallest absolute Gasteiger partial charge is 0.161 e. The first-order valence-electron chi connectivity index (χ1n) is 8.71. The highest BCUT2D eigenvalue weighted by Gasteiger charge is 2.59. The van der Waals surface area contributed by atoms with Gasteiger partial charge in [0.1, 0.15) is 0 Å². The highest BCUT2D eigenvalue weighted by Crippen LogP contribution is 2.60. The van der Waals surface area contributed by atoms with Crippen LogP contribution in [-0.4, -0.2) is 16.5 Å². The lowest BCUT2D eigenvalue weighted by Crippen LogP contribution is -2.60. The number of rotatable bonds is 3. The molecule has 3 nitrogen and oxygen atoms in total. The molecule has 0 radical (unpaired) electrons. The summed E-state index contributed by atoms with van der Waals surface area (Å²) < 4.78 is 5.14. The van der Waals surface area contributed by atoms with Gasteiger partial charge in [0.05, 0.1) is 18.1 Å². The van der Waals surface area contributed by atoms with E-state index in [9.17, 15) is 9.90 Å². The number of ketones is 1. The molecular weight excluding hydrogens is 288 g/mol. The van der Waals surface area contributed by atoms with Gasteiger partial charge < -0.3 is 9.52 Å². The summed E-state index contributed by atoms with van der Waals surface area (Å²) in [6.45, 7) is 8.46. The van der Waals surface area contributed by atoms with Crippen molar-refractivity contribution in [3.8, 4) is 0 Å². The van der Waals surface area contributed by atoms with E-state index >= 15 is 0 Å². The van der Waals surface area contributed by atoms with E-state index in [4.69, 9.17) is 4.42 Å². The maximum atomic E-state index is 12.6. The normalized spacial score (nSPS) is 36.5. The third kappa shape index (κ3) is 2.40. The average Bonchev–Trinajstić information content (AvgIpc) is 2.99. The topological polar surface area (TPSA) is 50.4 Å². The number of hydrogen-bond donors (Lipinski definition) is 1. The van der Waals surface area contributed by atoms with Crippen molar-refractivity contribution in [1.82, 2.24) is 0 Å². The lowest BCUT2D eigenvalue weighted by atomic mass is 9.48. The minimum atomic E-state index is -0.997. The van der Waals surface area contributed by atoms with E-state index < -0.39 is 5.60 Å². The highest BCUT2D eigenvalue weighted by molar-refractivity contribution is 5.95. The van der Waals surface area contributed by atoms with Crippen molar-refractivity contribution in [1.29, 1.82) is 0 Å². The number of furan rings is 1. The molecule has 1 saturated carbocycles. The third-order valence-electron chi connectivity index (χ3n) is 6.56. The van der Waals surface area contributed by atoms with Gasteiger partial charge >= 0.3 is 0 Å². The van der Waals surface area contributed by atoms with Crippen LogP contribution in [-0.2, 0) is 11.2 Å². The lowest BCUT2D eigenvalue weighted by Gasteiger charge is -2.58. The van der Waals surface area contributed by atoms with Gasteiger partial charge in [-0.3, -0.25) is 4.79 Å². The van der Waals surface area contributed by atoms with Crippen molar-refractivity contribution in [3.05, 3.63) is 35.8 Å². The number of hydrogen-bond acceptors (Lipinski definition) is 3. The van der Waals surface area contributed by atoms with E-state index in [1.807, 2.05) is 19.1 Å². The average molecular weight is 316 g/mol. The summed E-state index contributed by atoms with van der Waals surface area (Å²) in [5.74, 6) is -0.292. The molecule has 3 rings (SSSR count). The first-order chi connectivity index (χ1) is 10.7. The molecule has 0 aliphatic heterocycles. The van der Waals surface area contributed by atoms with Crippen LogP contribution >= 0.6 is 0 Å². The first-order valence-corrected chi connectivity index (χ1v) is 8.71. The third-order valence-corrected chi connectivity index (χ3v) is 6.56. The molecule has 126 valence electrons. The molecule has 2 aliphatic carbocycles. The molecule has 1 aromatic heterocycles. The second-order valence-electron chi connectivity index (χ2n) is 8.31. The summed E-state index contributed by atoms with van der Waals surface area (Å²) in [6.07, 6.45) is 9.66. The molecular formula is C20H28O3. The molecule has 0 saturated heterocycles. The standard InChI is InChI=1S/C20H28O3/c1-14-16(21)12-17-18(2,3)8-5-9-19(17,4)20(14,22)10-6-15-7-11-23-13-15/h7,11-14,22H,5-6,8-10H2,1-4H3. The highest BCUT2D eigenvalue weighted by atomic mass is 16.3. The number of allylic oxidation sites excluding steroid dienone is 1. The van der Waals surface area contributed by atoms with E-state index in [-0.39, 0.29) is 22.5 Å². The molecule has 1 heterocycles. The van der Waals surface area contributed by atoms with E-state index in [1.165, 1.54) is 0 Å². The Labute approximate surface area is 138 Å². The quantitative estimate of drug-likeness (QED) is 0.904. The van der Waals surface area contributed by atoms with Crippen LogP contribution in [0.5, 0.6) is 0 Å². The molecule has 0 bridgehead atoms. The van der Waals surface area contributed by atoms with Crippen LogP contribution in [0, 0.1) is 16.7 Å². The Balaban J connectivity index is 2.00. The van der Waals surface area contributed by atoms with Crippen LogP contribution in [0.4, 0.5) is 0 Å². The van der Waals surface area contributed by atoms with Gasteiger partial charge in [-0.2, -0.15) is 0 Å². The summed E-state index contributed by atoms with van der Waals surface area (Å²) >= 11 is 0. The summed E-state index contributed by atoms with van der Waals surface area (Å²) in [5.41, 5.74) is 0.878. The number of aliphatic hydroxyl groups is 1. The van der Waals surface area contributed by atoms with Crippen LogP contribution in [0.15, 0.2) is 34.7 Å². The molecule has 23 heavy (non-hydrogen) atoms. The van der Waals surface area contributed by atoms with E-state index in [0.717, 1.165) is 36.8 Å². The van der Waals surface area contributed by atoms with Crippen molar-refractivity contribution in [2.75, 3.05) is 0 Å². The Bertz CT molecular complexity index is 625. The van der Waals surface area contributed by atoms with Gasteiger partial charge in [-0.05, 0) is 48.8 Å². The molecule has 3 atom stereocenters. The van der Waals surface area contributed by atoms with E-state index in [1.54, 1.807) is 12.5 Å². The molecule has 1 N–H and O–H groups in total.